The van der Waals surface area contributed by atoms with Crippen LogP contribution in [0.4, 0.5) is 5.69 Å². The molecule has 0 aromatic heterocycles. The van der Waals surface area contributed by atoms with Gasteiger partial charge in [-0.3, -0.25) is 10.1 Å². The molecular formula is C14H11BrClNO3. The van der Waals surface area contributed by atoms with Crippen molar-refractivity contribution in [1.82, 2.24) is 0 Å². The Balaban J connectivity index is 2.26. The Morgan fingerprint density at radius 3 is 2.60 bits per heavy atom. The molecule has 0 heterocycles. The second kappa shape index (κ2) is 6.24. The molecule has 2 aromatic rings. The SMILES string of the molecule is Cc1cc(CBr)ccc1Oc1ccc([N+](=O)[O-])c(Cl)c1. The molecule has 4 nitrogen and oxygen atoms in total. The number of ether oxygens (including phenoxy) is 1. The molecule has 0 amide bonds. The highest BCUT2D eigenvalue weighted by Crippen LogP contribution is 2.32. The van der Waals surface area contributed by atoms with Crippen molar-refractivity contribution in [2.75, 3.05) is 0 Å². The third-order valence-corrected chi connectivity index (χ3v) is 3.69. The zero-order valence-electron chi connectivity index (χ0n) is 10.6. The van der Waals surface area contributed by atoms with Gasteiger partial charge in [-0.05, 0) is 30.2 Å². The second-order valence-electron chi connectivity index (χ2n) is 4.21. The molecule has 0 bridgehead atoms. The topological polar surface area (TPSA) is 52.4 Å². The van der Waals surface area contributed by atoms with Gasteiger partial charge in [-0.25, -0.2) is 0 Å². The molecule has 104 valence electrons. The zero-order chi connectivity index (χ0) is 14.7. The molecule has 6 heteroatoms. The Hall–Kier alpha value is -1.59. The number of halogens is 2. The molecule has 20 heavy (non-hydrogen) atoms. The summed E-state index contributed by atoms with van der Waals surface area (Å²) in [5.41, 5.74) is 2.00. The molecule has 2 aromatic carbocycles. The van der Waals surface area contributed by atoms with Crippen LogP contribution in [-0.4, -0.2) is 4.92 Å². The van der Waals surface area contributed by atoms with Crippen molar-refractivity contribution >= 4 is 33.2 Å². The monoisotopic (exact) mass is 355 g/mol. The molecule has 0 atom stereocenters. The number of nitro groups is 1. The maximum Gasteiger partial charge on any atom is 0.288 e. The highest BCUT2D eigenvalue weighted by molar-refractivity contribution is 9.08. The van der Waals surface area contributed by atoms with Gasteiger partial charge >= 0.3 is 0 Å². The normalized spacial score (nSPS) is 10.3. The van der Waals surface area contributed by atoms with E-state index in [1.807, 2.05) is 25.1 Å². The number of nitro benzene ring substituents is 1. The third kappa shape index (κ3) is 3.29. The van der Waals surface area contributed by atoms with Crippen LogP contribution in [0.3, 0.4) is 0 Å². The fraction of sp³-hybridized carbons (Fsp3) is 0.143. The summed E-state index contributed by atoms with van der Waals surface area (Å²) < 4.78 is 5.70. The summed E-state index contributed by atoms with van der Waals surface area (Å²) in [5.74, 6) is 1.16. The first kappa shape index (κ1) is 14.8. The maximum absolute atomic E-state index is 10.7. The van der Waals surface area contributed by atoms with Crippen LogP contribution in [0.25, 0.3) is 0 Å². The second-order valence-corrected chi connectivity index (χ2v) is 5.17. The lowest BCUT2D eigenvalue weighted by molar-refractivity contribution is -0.384. The summed E-state index contributed by atoms with van der Waals surface area (Å²) >= 11 is 9.24. The van der Waals surface area contributed by atoms with Crippen LogP contribution in [0.5, 0.6) is 11.5 Å². The summed E-state index contributed by atoms with van der Waals surface area (Å²) in [6, 6.07) is 10.1. The minimum atomic E-state index is -0.526. The van der Waals surface area contributed by atoms with Gasteiger partial charge in [0.05, 0.1) is 4.92 Å². The first-order chi connectivity index (χ1) is 9.51. The van der Waals surface area contributed by atoms with E-state index in [9.17, 15) is 10.1 Å². The lowest BCUT2D eigenvalue weighted by Crippen LogP contribution is -1.92. The summed E-state index contributed by atoms with van der Waals surface area (Å²) in [6.07, 6.45) is 0. The molecule has 0 saturated carbocycles. The average molecular weight is 357 g/mol. The van der Waals surface area contributed by atoms with Gasteiger partial charge in [-0.1, -0.05) is 39.7 Å². The minimum Gasteiger partial charge on any atom is -0.457 e. The van der Waals surface area contributed by atoms with Crippen LogP contribution in [0.2, 0.25) is 5.02 Å². The van der Waals surface area contributed by atoms with Gasteiger partial charge in [0.15, 0.2) is 0 Å². The van der Waals surface area contributed by atoms with E-state index in [1.165, 1.54) is 18.2 Å². The number of aryl methyl sites for hydroxylation is 1. The van der Waals surface area contributed by atoms with Crippen LogP contribution >= 0.6 is 27.5 Å². The molecule has 0 aliphatic carbocycles. The number of nitrogens with zero attached hydrogens (tertiary/aromatic N) is 1. The number of hydrogen-bond acceptors (Lipinski definition) is 3. The van der Waals surface area contributed by atoms with E-state index in [0.29, 0.717) is 11.5 Å². The van der Waals surface area contributed by atoms with E-state index < -0.39 is 4.92 Å². The van der Waals surface area contributed by atoms with E-state index in [4.69, 9.17) is 16.3 Å². The van der Waals surface area contributed by atoms with E-state index in [1.54, 1.807) is 0 Å². The Kier molecular flexibility index (Phi) is 4.62. The first-order valence-electron chi connectivity index (χ1n) is 5.78. The van der Waals surface area contributed by atoms with Crippen molar-refractivity contribution in [3.8, 4) is 11.5 Å². The maximum atomic E-state index is 10.7. The predicted molar refractivity (Wildman–Crippen MR) is 82.0 cm³/mol. The van der Waals surface area contributed by atoms with Crippen molar-refractivity contribution < 1.29 is 9.66 Å². The number of alkyl halides is 1. The predicted octanol–water partition coefficient (Wildman–Crippen LogP) is 5.24. The van der Waals surface area contributed by atoms with E-state index in [-0.39, 0.29) is 10.7 Å². The molecule has 0 spiro atoms. The molecule has 0 unspecified atom stereocenters. The van der Waals surface area contributed by atoms with Crippen LogP contribution in [0.1, 0.15) is 11.1 Å². The van der Waals surface area contributed by atoms with Gasteiger partial charge in [-0.15, -0.1) is 0 Å². The lowest BCUT2D eigenvalue weighted by Gasteiger charge is -2.10. The third-order valence-electron chi connectivity index (χ3n) is 2.74. The Morgan fingerprint density at radius 2 is 2.05 bits per heavy atom. The molecule has 0 fully saturated rings. The van der Waals surface area contributed by atoms with Crippen molar-refractivity contribution in [1.29, 1.82) is 0 Å². The van der Waals surface area contributed by atoms with Gasteiger partial charge in [0.2, 0.25) is 0 Å². The molecule has 0 saturated heterocycles. The summed E-state index contributed by atoms with van der Waals surface area (Å²) in [4.78, 5) is 10.2. The fourth-order valence-electron chi connectivity index (χ4n) is 1.74. The van der Waals surface area contributed by atoms with E-state index >= 15 is 0 Å². The summed E-state index contributed by atoms with van der Waals surface area (Å²) in [5, 5.41) is 11.5. The smallest absolute Gasteiger partial charge is 0.288 e. The van der Waals surface area contributed by atoms with Gasteiger partial charge < -0.3 is 4.74 Å². The molecular weight excluding hydrogens is 346 g/mol. The van der Waals surface area contributed by atoms with Gasteiger partial charge in [0.1, 0.15) is 16.5 Å². The lowest BCUT2D eigenvalue weighted by atomic mass is 10.1. The fourth-order valence-corrected chi connectivity index (χ4v) is 2.32. The van der Waals surface area contributed by atoms with Crippen LogP contribution in [0.15, 0.2) is 36.4 Å². The average Bonchev–Trinajstić information content (AvgIpc) is 2.40. The molecule has 0 radical (unpaired) electrons. The van der Waals surface area contributed by atoms with Crippen LogP contribution < -0.4 is 4.74 Å². The zero-order valence-corrected chi connectivity index (χ0v) is 12.9. The molecule has 0 aliphatic heterocycles. The Morgan fingerprint density at radius 1 is 1.30 bits per heavy atom. The van der Waals surface area contributed by atoms with Gasteiger partial charge in [0, 0.05) is 17.5 Å². The van der Waals surface area contributed by atoms with Crippen LogP contribution in [-0.2, 0) is 5.33 Å². The van der Waals surface area contributed by atoms with Crippen molar-refractivity contribution in [3.63, 3.8) is 0 Å². The Labute approximate surface area is 129 Å². The quantitative estimate of drug-likeness (QED) is 0.427. The number of benzene rings is 2. The van der Waals surface area contributed by atoms with Crippen molar-refractivity contribution in [2.24, 2.45) is 0 Å². The number of hydrogen-bond donors (Lipinski definition) is 0. The largest absolute Gasteiger partial charge is 0.457 e. The van der Waals surface area contributed by atoms with Crippen molar-refractivity contribution in [2.45, 2.75) is 12.3 Å². The van der Waals surface area contributed by atoms with E-state index in [2.05, 4.69) is 15.9 Å². The van der Waals surface area contributed by atoms with E-state index in [0.717, 1.165) is 16.5 Å². The highest BCUT2D eigenvalue weighted by atomic mass is 79.9. The van der Waals surface area contributed by atoms with Crippen LogP contribution in [0, 0.1) is 17.0 Å². The van der Waals surface area contributed by atoms with Crippen molar-refractivity contribution in [3.05, 3.63) is 62.7 Å². The molecule has 2 rings (SSSR count). The summed E-state index contributed by atoms with van der Waals surface area (Å²) in [6.45, 7) is 1.94. The highest BCUT2D eigenvalue weighted by Gasteiger charge is 2.13. The Bertz CT molecular complexity index is 661. The number of rotatable bonds is 4. The molecule has 0 aliphatic rings. The summed E-state index contributed by atoms with van der Waals surface area (Å²) in [7, 11) is 0. The van der Waals surface area contributed by atoms with Gasteiger partial charge in [0.25, 0.3) is 5.69 Å². The van der Waals surface area contributed by atoms with Gasteiger partial charge in [-0.2, -0.15) is 0 Å². The standard InChI is InChI=1S/C14H11BrClNO3/c1-9-6-10(8-15)2-5-14(9)20-11-3-4-13(17(18)19)12(16)7-11/h2-7H,8H2,1H3. The minimum absolute atomic E-state index is 0.0576. The molecule has 0 N–H and O–H groups in total. The first-order valence-corrected chi connectivity index (χ1v) is 7.28.